The van der Waals surface area contributed by atoms with Crippen LogP contribution in [0.25, 0.3) is 0 Å². The van der Waals surface area contributed by atoms with Gasteiger partial charge in [0.05, 0.1) is 6.42 Å². The first-order valence-electron chi connectivity index (χ1n) is 6.38. The lowest BCUT2D eigenvalue weighted by Crippen LogP contribution is -2.16. The molecule has 0 heterocycles. The maximum absolute atomic E-state index is 12.2. The molecule has 0 spiro atoms. The van der Waals surface area contributed by atoms with Gasteiger partial charge in [-0.2, -0.15) is 0 Å². The van der Waals surface area contributed by atoms with E-state index < -0.39 is 0 Å². The second-order valence-electron chi connectivity index (χ2n) is 4.84. The number of aryl methyl sites for hydroxylation is 2. The molecule has 0 aliphatic carbocycles. The van der Waals surface area contributed by atoms with Crippen molar-refractivity contribution in [2.45, 2.75) is 20.3 Å². The van der Waals surface area contributed by atoms with Gasteiger partial charge in [-0.25, -0.2) is 0 Å². The molecule has 0 aliphatic heterocycles. The molecule has 110 valence electrons. The van der Waals surface area contributed by atoms with Gasteiger partial charge in [-0.05, 0) is 54.8 Å². The van der Waals surface area contributed by atoms with E-state index in [1.54, 1.807) is 18.2 Å². The zero-order chi connectivity index (χ0) is 15.6. The summed E-state index contributed by atoms with van der Waals surface area (Å²) in [6.45, 7) is 3.91. The first kappa shape index (κ1) is 16.3. The highest BCUT2D eigenvalue weighted by Crippen LogP contribution is 2.27. The smallest absolute Gasteiger partial charge is 0.228 e. The third-order valence-corrected chi connectivity index (χ3v) is 4.33. The van der Waals surface area contributed by atoms with Crippen molar-refractivity contribution in [3.05, 3.63) is 61.5 Å². The van der Waals surface area contributed by atoms with E-state index in [2.05, 4.69) is 21.2 Å². The van der Waals surface area contributed by atoms with Crippen LogP contribution in [0.15, 0.2) is 34.8 Å². The van der Waals surface area contributed by atoms with Crippen molar-refractivity contribution in [1.29, 1.82) is 0 Å². The second kappa shape index (κ2) is 6.82. The van der Waals surface area contributed by atoms with Gasteiger partial charge in [0.1, 0.15) is 0 Å². The number of anilines is 1. The van der Waals surface area contributed by atoms with Crippen molar-refractivity contribution in [1.82, 2.24) is 0 Å². The van der Waals surface area contributed by atoms with Crippen LogP contribution in [-0.4, -0.2) is 5.91 Å². The minimum Gasteiger partial charge on any atom is -0.325 e. The molecule has 0 saturated heterocycles. The number of carbonyl (C=O) groups is 1. The first-order valence-corrected chi connectivity index (χ1v) is 7.93. The molecule has 0 saturated carbocycles. The van der Waals surface area contributed by atoms with Gasteiger partial charge in [-0.15, -0.1) is 0 Å². The Bertz CT molecular complexity index is 657. The number of hydrogen-bond acceptors (Lipinski definition) is 1. The molecule has 0 radical (unpaired) electrons. The van der Waals surface area contributed by atoms with E-state index in [9.17, 15) is 4.79 Å². The summed E-state index contributed by atoms with van der Waals surface area (Å²) in [6, 6.07) is 9.14. The van der Waals surface area contributed by atoms with Crippen LogP contribution >= 0.6 is 39.1 Å². The standard InChI is InChI=1S/C16H14BrCl2NO/c1-9-6-11(17)7-10(2)16(9)20-15(21)8-12-13(18)4-3-5-14(12)19/h3-7H,8H2,1-2H3,(H,20,21). The van der Waals surface area contributed by atoms with Gasteiger partial charge in [0, 0.05) is 20.2 Å². The Labute approximate surface area is 142 Å². The van der Waals surface area contributed by atoms with Crippen molar-refractivity contribution in [3.8, 4) is 0 Å². The molecule has 1 N–H and O–H groups in total. The second-order valence-corrected chi connectivity index (χ2v) is 6.57. The Morgan fingerprint density at radius 1 is 1.14 bits per heavy atom. The molecule has 0 aromatic heterocycles. The lowest BCUT2D eigenvalue weighted by atomic mass is 10.1. The normalized spacial score (nSPS) is 10.5. The van der Waals surface area contributed by atoms with Crippen LogP contribution < -0.4 is 5.32 Å². The van der Waals surface area contributed by atoms with Gasteiger partial charge >= 0.3 is 0 Å². The van der Waals surface area contributed by atoms with Gasteiger partial charge in [0.2, 0.25) is 5.91 Å². The number of nitrogens with one attached hydrogen (secondary N) is 1. The van der Waals surface area contributed by atoms with Gasteiger partial charge in [-0.1, -0.05) is 45.2 Å². The summed E-state index contributed by atoms with van der Waals surface area (Å²) in [6.07, 6.45) is 0.146. The molecule has 2 aromatic carbocycles. The molecule has 21 heavy (non-hydrogen) atoms. The van der Waals surface area contributed by atoms with Crippen LogP contribution in [0, 0.1) is 13.8 Å². The molecule has 2 rings (SSSR count). The molecule has 1 amide bonds. The monoisotopic (exact) mass is 385 g/mol. The third kappa shape index (κ3) is 4.00. The van der Waals surface area contributed by atoms with Crippen molar-refractivity contribution in [2.75, 3.05) is 5.32 Å². The van der Waals surface area contributed by atoms with E-state index in [1.807, 2.05) is 26.0 Å². The van der Waals surface area contributed by atoms with Crippen LogP contribution in [0.2, 0.25) is 10.0 Å². The average Bonchev–Trinajstić information content (AvgIpc) is 2.38. The molecule has 5 heteroatoms. The molecule has 0 aliphatic rings. The fraction of sp³-hybridized carbons (Fsp3) is 0.188. The number of hydrogen-bond donors (Lipinski definition) is 1. The highest BCUT2D eigenvalue weighted by atomic mass is 79.9. The summed E-state index contributed by atoms with van der Waals surface area (Å²) in [5, 5.41) is 3.94. The summed E-state index contributed by atoms with van der Waals surface area (Å²) in [4.78, 5) is 12.2. The third-order valence-electron chi connectivity index (χ3n) is 3.16. The predicted octanol–water partition coefficient (Wildman–Crippen LogP) is 5.55. The van der Waals surface area contributed by atoms with Crippen LogP contribution in [-0.2, 0) is 11.2 Å². The summed E-state index contributed by atoms with van der Waals surface area (Å²) in [5.41, 5.74) is 3.47. The number of rotatable bonds is 3. The molecule has 0 unspecified atom stereocenters. The molecular formula is C16H14BrCl2NO. The van der Waals surface area contributed by atoms with Crippen LogP contribution in [0.5, 0.6) is 0 Å². The Morgan fingerprint density at radius 3 is 2.19 bits per heavy atom. The molecule has 0 atom stereocenters. The van der Waals surface area contributed by atoms with E-state index in [4.69, 9.17) is 23.2 Å². The Morgan fingerprint density at radius 2 is 1.67 bits per heavy atom. The highest BCUT2D eigenvalue weighted by Gasteiger charge is 2.13. The summed E-state index contributed by atoms with van der Waals surface area (Å²) < 4.78 is 0.990. The number of amides is 1. The van der Waals surface area contributed by atoms with E-state index in [0.717, 1.165) is 21.3 Å². The quantitative estimate of drug-likeness (QED) is 0.735. The Kier molecular flexibility index (Phi) is 5.31. The van der Waals surface area contributed by atoms with Gasteiger partial charge in [0.25, 0.3) is 0 Å². The molecule has 2 nitrogen and oxygen atoms in total. The number of carbonyl (C=O) groups excluding carboxylic acids is 1. The fourth-order valence-corrected chi connectivity index (χ4v) is 3.37. The van der Waals surface area contributed by atoms with Gasteiger partial charge in [-0.3, -0.25) is 4.79 Å². The minimum atomic E-state index is -0.140. The SMILES string of the molecule is Cc1cc(Br)cc(C)c1NC(=O)Cc1c(Cl)cccc1Cl. The summed E-state index contributed by atoms with van der Waals surface area (Å²) in [5.74, 6) is -0.140. The average molecular weight is 387 g/mol. The lowest BCUT2D eigenvalue weighted by Gasteiger charge is -2.13. The highest BCUT2D eigenvalue weighted by molar-refractivity contribution is 9.10. The fourth-order valence-electron chi connectivity index (χ4n) is 2.15. The summed E-state index contributed by atoms with van der Waals surface area (Å²) >= 11 is 15.6. The topological polar surface area (TPSA) is 29.1 Å². The maximum atomic E-state index is 12.2. The number of halogens is 3. The molecule has 2 aromatic rings. The van der Waals surface area contributed by atoms with E-state index >= 15 is 0 Å². The van der Waals surface area contributed by atoms with Gasteiger partial charge < -0.3 is 5.32 Å². The van der Waals surface area contributed by atoms with E-state index in [1.165, 1.54) is 0 Å². The largest absolute Gasteiger partial charge is 0.325 e. The van der Waals surface area contributed by atoms with Crippen molar-refractivity contribution < 1.29 is 4.79 Å². The summed E-state index contributed by atoms with van der Waals surface area (Å²) in [7, 11) is 0. The maximum Gasteiger partial charge on any atom is 0.228 e. The Balaban J connectivity index is 2.20. The number of benzene rings is 2. The lowest BCUT2D eigenvalue weighted by molar-refractivity contribution is -0.115. The van der Waals surface area contributed by atoms with Crippen LogP contribution in [0.3, 0.4) is 0 Å². The van der Waals surface area contributed by atoms with Crippen LogP contribution in [0.1, 0.15) is 16.7 Å². The Hall–Kier alpha value is -1.03. The zero-order valence-corrected chi connectivity index (χ0v) is 14.7. The predicted molar refractivity (Wildman–Crippen MR) is 92.4 cm³/mol. The van der Waals surface area contributed by atoms with E-state index in [-0.39, 0.29) is 12.3 Å². The zero-order valence-electron chi connectivity index (χ0n) is 11.6. The first-order chi connectivity index (χ1) is 9.88. The minimum absolute atomic E-state index is 0.140. The van der Waals surface area contributed by atoms with Crippen molar-refractivity contribution in [2.24, 2.45) is 0 Å². The van der Waals surface area contributed by atoms with Crippen LogP contribution in [0.4, 0.5) is 5.69 Å². The van der Waals surface area contributed by atoms with E-state index in [0.29, 0.717) is 15.6 Å². The van der Waals surface area contributed by atoms with Crippen molar-refractivity contribution in [3.63, 3.8) is 0 Å². The molecular weight excluding hydrogens is 373 g/mol. The van der Waals surface area contributed by atoms with Gasteiger partial charge in [0.15, 0.2) is 0 Å². The van der Waals surface area contributed by atoms with Crippen molar-refractivity contribution >= 4 is 50.7 Å². The molecule has 0 fully saturated rings. The molecule has 0 bridgehead atoms.